The molecule has 0 radical (unpaired) electrons. The quantitative estimate of drug-likeness (QED) is 0.373. The van der Waals surface area contributed by atoms with Crippen LogP contribution in [-0.4, -0.2) is 12.1 Å². The van der Waals surface area contributed by atoms with E-state index in [1.54, 1.807) is 0 Å². The van der Waals surface area contributed by atoms with Crippen LogP contribution in [0.1, 0.15) is 32.6 Å². The summed E-state index contributed by atoms with van der Waals surface area (Å²) in [5.74, 6) is 0.607. The normalized spacial score (nSPS) is 31.4. The van der Waals surface area contributed by atoms with Gasteiger partial charge < -0.3 is 0 Å². The number of hydrogen-bond acceptors (Lipinski definition) is 2. The molecular weight excluding hydrogens is 180 g/mol. The molecule has 76 valence electrons. The van der Waals surface area contributed by atoms with Crippen LogP contribution in [0.3, 0.4) is 0 Å². The summed E-state index contributed by atoms with van der Waals surface area (Å²) in [5.41, 5.74) is 16.7. The Morgan fingerprint density at radius 1 is 1.14 bits per heavy atom. The third-order valence-electron chi connectivity index (χ3n) is 2.87. The smallest absolute Gasteiger partial charge is 0.0461 e. The average molecular weight is 194 g/mol. The Bertz CT molecular complexity index is 276. The number of rotatable bonds is 3. The van der Waals surface area contributed by atoms with Gasteiger partial charge in [0, 0.05) is 21.9 Å². The molecule has 0 saturated heterocycles. The predicted octanol–water partition coefficient (Wildman–Crippen LogP) is 3.55. The van der Waals surface area contributed by atoms with E-state index >= 15 is 0 Å². The topological polar surface area (TPSA) is 97.5 Å². The molecule has 1 aliphatic rings. The Labute approximate surface area is 82.6 Å². The van der Waals surface area contributed by atoms with E-state index in [0.29, 0.717) is 5.92 Å². The summed E-state index contributed by atoms with van der Waals surface area (Å²) in [7, 11) is 0. The molecule has 0 aromatic carbocycles. The highest BCUT2D eigenvalue weighted by Crippen LogP contribution is 2.30. The minimum atomic E-state index is -0.144. The highest BCUT2D eigenvalue weighted by atomic mass is 15.2. The van der Waals surface area contributed by atoms with E-state index in [-0.39, 0.29) is 12.1 Å². The van der Waals surface area contributed by atoms with Crippen LogP contribution < -0.4 is 0 Å². The standard InChI is InChI=1S/C8H14N6/c1-2-6-3-4-7(11-13-9)8(5-6)12-14-10/h6-8H,2-5H2,1H3. The molecule has 1 fully saturated rings. The van der Waals surface area contributed by atoms with E-state index < -0.39 is 0 Å². The van der Waals surface area contributed by atoms with Crippen molar-refractivity contribution in [3.05, 3.63) is 20.9 Å². The zero-order chi connectivity index (χ0) is 10.4. The number of hydrogen-bond donors (Lipinski definition) is 0. The summed E-state index contributed by atoms with van der Waals surface area (Å²) in [5, 5.41) is 7.37. The molecule has 3 unspecified atom stereocenters. The van der Waals surface area contributed by atoms with Crippen molar-refractivity contribution in [3.63, 3.8) is 0 Å². The molecule has 1 saturated carbocycles. The SMILES string of the molecule is CCC1CCC(N=[N+]=[N-])C(N=[N+]=[N-])C1. The van der Waals surface area contributed by atoms with Crippen molar-refractivity contribution in [2.75, 3.05) is 0 Å². The second-order valence-electron chi connectivity index (χ2n) is 3.63. The Morgan fingerprint density at radius 3 is 2.36 bits per heavy atom. The predicted molar refractivity (Wildman–Crippen MR) is 53.5 cm³/mol. The second-order valence-corrected chi connectivity index (χ2v) is 3.63. The van der Waals surface area contributed by atoms with Crippen molar-refractivity contribution in [2.24, 2.45) is 16.1 Å². The van der Waals surface area contributed by atoms with Gasteiger partial charge in [-0.15, -0.1) is 0 Å². The van der Waals surface area contributed by atoms with E-state index in [0.717, 1.165) is 25.7 Å². The first-order valence-electron chi connectivity index (χ1n) is 4.90. The van der Waals surface area contributed by atoms with E-state index in [1.807, 2.05) is 0 Å². The maximum atomic E-state index is 8.39. The lowest BCUT2D eigenvalue weighted by atomic mass is 9.82. The lowest BCUT2D eigenvalue weighted by Gasteiger charge is -2.30. The first-order valence-corrected chi connectivity index (χ1v) is 4.90. The molecule has 6 nitrogen and oxygen atoms in total. The van der Waals surface area contributed by atoms with Gasteiger partial charge in [-0.3, -0.25) is 0 Å². The maximum absolute atomic E-state index is 8.39. The molecule has 1 aliphatic carbocycles. The van der Waals surface area contributed by atoms with Crippen molar-refractivity contribution in [2.45, 2.75) is 44.7 Å². The van der Waals surface area contributed by atoms with Crippen LogP contribution in [0.15, 0.2) is 10.2 Å². The van der Waals surface area contributed by atoms with Crippen LogP contribution in [0, 0.1) is 5.92 Å². The second kappa shape index (κ2) is 5.37. The Hall–Kier alpha value is -1.38. The fraction of sp³-hybridized carbons (Fsp3) is 1.00. The molecule has 14 heavy (non-hydrogen) atoms. The summed E-state index contributed by atoms with van der Waals surface area (Å²) in [6.07, 6.45) is 3.86. The van der Waals surface area contributed by atoms with Gasteiger partial charge in [-0.1, -0.05) is 30.0 Å². The monoisotopic (exact) mass is 194 g/mol. The minimum absolute atomic E-state index is 0.140. The fourth-order valence-corrected chi connectivity index (χ4v) is 1.98. The van der Waals surface area contributed by atoms with Crippen LogP contribution in [0.2, 0.25) is 0 Å². The molecule has 0 aromatic rings. The van der Waals surface area contributed by atoms with Gasteiger partial charge in [0.05, 0.1) is 0 Å². The summed E-state index contributed by atoms with van der Waals surface area (Å²) in [6, 6.07) is -0.284. The summed E-state index contributed by atoms with van der Waals surface area (Å²) in [6.45, 7) is 2.13. The van der Waals surface area contributed by atoms with Crippen LogP contribution in [0.4, 0.5) is 0 Å². The zero-order valence-corrected chi connectivity index (χ0v) is 8.24. The first-order chi connectivity index (χ1) is 6.81. The van der Waals surface area contributed by atoms with Crippen molar-refractivity contribution in [3.8, 4) is 0 Å². The van der Waals surface area contributed by atoms with E-state index in [2.05, 4.69) is 27.0 Å². The molecule has 0 bridgehead atoms. The Kier molecular flexibility index (Phi) is 4.11. The van der Waals surface area contributed by atoms with Gasteiger partial charge in [-0.2, -0.15) is 0 Å². The largest absolute Gasteiger partial charge is 0.0902 e. The number of nitrogens with zero attached hydrogens (tertiary/aromatic N) is 6. The third kappa shape index (κ3) is 2.55. The molecule has 0 aliphatic heterocycles. The van der Waals surface area contributed by atoms with E-state index in [4.69, 9.17) is 11.1 Å². The zero-order valence-electron chi connectivity index (χ0n) is 8.24. The van der Waals surface area contributed by atoms with Crippen LogP contribution in [-0.2, 0) is 0 Å². The molecule has 6 heteroatoms. The molecule has 0 N–H and O–H groups in total. The van der Waals surface area contributed by atoms with Crippen LogP contribution in [0.5, 0.6) is 0 Å². The van der Waals surface area contributed by atoms with Gasteiger partial charge in [0.2, 0.25) is 0 Å². The van der Waals surface area contributed by atoms with Gasteiger partial charge in [0.15, 0.2) is 0 Å². The summed E-state index contributed by atoms with van der Waals surface area (Å²) < 4.78 is 0. The summed E-state index contributed by atoms with van der Waals surface area (Å²) in [4.78, 5) is 5.59. The molecule has 1 rings (SSSR count). The lowest BCUT2D eigenvalue weighted by Crippen LogP contribution is -2.30. The third-order valence-corrected chi connectivity index (χ3v) is 2.87. The molecule has 0 aromatic heterocycles. The van der Waals surface area contributed by atoms with Gasteiger partial charge >= 0.3 is 0 Å². The molecular formula is C8H14N6. The minimum Gasteiger partial charge on any atom is -0.0902 e. The van der Waals surface area contributed by atoms with Gasteiger partial charge in [-0.25, -0.2) is 0 Å². The highest BCUT2D eigenvalue weighted by Gasteiger charge is 2.28. The van der Waals surface area contributed by atoms with Crippen molar-refractivity contribution in [1.82, 2.24) is 0 Å². The van der Waals surface area contributed by atoms with Gasteiger partial charge in [0.25, 0.3) is 0 Å². The van der Waals surface area contributed by atoms with Gasteiger partial charge in [0.1, 0.15) is 0 Å². The van der Waals surface area contributed by atoms with Crippen molar-refractivity contribution < 1.29 is 0 Å². The molecule has 3 atom stereocenters. The van der Waals surface area contributed by atoms with Crippen molar-refractivity contribution in [1.29, 1.82) is 0 Å². The maximum Gasteiger partial charge on any atom is 0.0461 e. The van der Waals surface area contributed by atoms with Crippen LogP contribution >= 0.6 is 0 Å². The highest BCUT2D eigenvalue weighted by molar-refractivity contribution is 4.89. The molecule has 0 amide bonds. The Morgan fingerprint density at radius 2 is 1.79 bits per heavy atom. The molecule has 0 heterocycles. The van der Waals surface area contributed by atoms with E-state index in [1.165, 1.54) is 0 Å². The molecule has 0 spiro atoms. The fourth-order valence-electron chi connectivity index (χ4n) is 1.98. The van der Waals surface area contributed by atoms with Crippen LogP contribution in [0.25, 0.3) is 20.9 Å². The van der Waals surface area contributed by atoms with Gasteiger partial charge in [-0.05, 0) is 29.8 Å². The summed E-state index contributed by atoms with van der Waals surface area (Å²) >= 11 is 0. The first kappa shape index (κ1) is 10.7. The van der Waals surface area contributed by atoms with E-state index in [9.17, 15) is 0 Å². The lowest BCUT2D eigenvalue weighted by molar-refractivity contribution is 0.283. The Balaban J connectivity index is 2.69. The number of azide groups is 2. The van der Waals surface area contributed by atoms with Crippen molar-refractivity contribution >= 4 is 0 Å². The average Bonchev–Trinajstić information content (AvgIpc) is 2.21.